The van der Waals surface area contributed by atoms with Crippen molar-refractivity contribution in [1.29, 1.82) is 0 Å². The van der Waals surface area contributed by atoms with Gasteiger partial charge in [0, 0.05) is 40.4 Å². The zero-order valence-electron chi connectivity index (χ0n) is 16.7. The number of hydrogen-bond acceptors (Lipinski definition) is 4. The molecule has 1 saturated carbocycles. The zero-order chi connectivity index (χ0) is 18.8. The molecule has 26 heavy (non-hydrogen) atoms. The van der Waals surface area contributed by atoms with Crippen molar-refractivity contribution in [2.45, 2.75) is 51.6 Å². The van der Waals surface area contributed by atoms with Gasteiger partial charge in [-0.25, -0.2) is 0 Å². The summed E-state index contributed by atoms with van der Waals surface area (Å²) >= 11 is 0. The summed E-state index contributed by atoms with van der Waals surface area (Å²) in [5, 5.41) is 6.64. The molecule has 2 fully saturated rings. The van der Waals surface area contributed by atoms with Gasteiger partial charge in [-0.1, -0.05) is 12.8 Å². The number of aliphatic imine (C=N–C) groups is 1. The number of nitrogens with one attached hydrogen (secondary N) is 2. The van der Waals surface area contributed by atoms with Gasteiger partial charge in [-0.05, 0) is 32.6 Å². The second kappa shape index (κ2) is 10.7. The third-order valence-corrected chi connectivity index (χ3v) is 5.16. The van der Waals surface area contributed by atoms with Crippen LogP contribution in [0.4, 0.5) is 0 Å². The Morgan fingerprint density at radius 3 is 2.69 bits per heavy atom. The minimum absolute atomic E-state index is 0.210. The number of guanidine groups is 1. The van der Waals surface area contributed by atoms with E-state index in [1.807, 2.05) is 14.1 Å². The van der Waals surface area contributed by atoms with E-state index in [1.54, 1.807) is 4.90 Å². The van der Waals surface area contributed by atoms with E-state index < -0.39 is 0 Å². The van der Waals surface area contributed by atoms with Crippen LogP contribution >= 0.6 is 0 Å². The third kappa shape index (κ3) is 6.13. The Morgan fingerprint density at radius 2 is 2.08 bits per heavy atom. The molecule has 1 aliphatic carbocycles. The summed E-state index contributed by atoms with van der Waals surface area (Å²) in [5.41, 5.74) is -0.322. The van der Waals surface area contributed by atoms with Gasteiger partial charge >= 0.3 is 0 Å². The first-order valence-electron chi connectivity index (χ1n) is 10.0. The van der Waals surface area contributed by atoms with Crippen molar-refractivity contribution in [3.8, 4) is 0 Å². The monoisotopic (exact) mass is 368 g/mol. The van der Waals surface area contributed by atoms with Crippen molar-refractivity contribution < 1.29 is 14.3 Å². The molecule has 1 unspecified atom stereocenters. The van der Waals surface area contributed by atoms with E-state index in [9.17, 15) is 4.79 Å². The van der Waals surface area contributed by atoms with Crippen LogP contribution in [-0.2, 0) is 14.3 Å². The highest BCUT2D eigenvalue weighted by Gasteiger charge is 2.42. The second-order valence-electron chi connectivity index (χ2n) is 7.52. The minimum Gasteiger partial charge on any atom is -0.379 e. The van der Waals surface area contributed by atoms with Gasteiger partial charge in [-0.2, -0.15) is 0 Å². The molecule has 150 valence electrons. The maximum absolute atomic E-state index is 12.7. The summed E-state index contributed by atoms with van der Waals surface area (Å²) in [6.45, 7) is 6.47. The molecule has 2 rings (SSSR count). The lowest BCUT2D eigenvalue weighted by Crippen LogP contribution is -2.43. The molecule has 0 aromatic rings. The Bertz CT molecular complexity index is 456. The molecule has 1 atom stereocenters. The lowest BCUT2D eigenvalue weighted by atomic mass is 9.85. The molecule has 7 heteroatoms. The normalized spacial score (nSPS) is 22.4. The van der Waals surface area contributed by atoms with E-state index in [-0.39, 0.29) is 17.4 Å². The van der Waals surface area contributed by atoms with E-state index in [1.165, 1.54) is 0 Å². The first-order valence-corrected chi connectivity index (χ1v) is 10.0. The van der Waals surface area contributed by atoms with E-state index in [4.69, 9.17) is 14.5 Å². The maximum Gasteiger partial charge on any atom is 0.230 e. The molecule has 1 aliphatic heterocycles. The lowest BCUT2D eigenvalue weighted by molar-refractivity contribution is -0.138. The molecule has 0 spiro atoms. The summed E-state index contributed by atoms with van der Waals surface area (Å²) in [7, 11) is 3.68. The van der Waals surface area contributed by atoms with Crippen molar-refractivity contribution in [1.82, 2.24) is 15.5 Å². The van der Waals surface area contributed by atoms with Gasteiger partial charge in [0.1, 0.15) is 0 Å². The molecule has 2 aliphatic rings. The fourth-order valence-corrected chi connectivity index (χ4v) is 3.71. The lowest BCUT2D eigenvalue weighted by Gasteiger charge is -2.29. The number of hydrogen-bond donors (Lipinski definition) is 2. The Kier molecular flexibility index (Phi) is 8.65. The number of rotatable bonds is 9. The van der Waals surface area contributed by atoms with E-state index in [0.29, 0.717) is 6.54 Å². The summed E-state index contributed by atoms with van der Waals surface area (Å²) in [6, 6.07) is 0. The van der Waals surface area contributed by atoms with Gasteiger partial charge in [0.15, 0.2) is 5.96 Å². The van der Waals surface area contributed by atoms with Gasteiger partial charge in [0.25, 0.3) is 0 Å². The number of carbonyl (C=O) groups excluding carboxylic acids is 1. The highest BCUT2D eigenvalue weighted by molar-refractivity contribution is 5.84. The average Bonchev–Trinajstić information content (AvgIpc) is 3.31. The van der Waals surface area contributed by atoms with Crippen LogP contribution in [0.25, 0.3) is 0 Å². The van der Waals surface area contributed by atoms with Crippen molar-refractivity contribution in [3.05, 3.63) is 0 Å². The van der Waals surface area contributed by atoms with Gasteiger partial charge < -0.3 is 25.0 Å². The highest BCUT2D eigenvalue weighted by atomic mass is 16.5. The van der Waals surface area contributed by atoms with E-state index in [2.05, 4.69) is 17.6 Å². The SMILES string of the molecule is CCNC(=NCC1(C(=O)N(C)C)CCCC1)NCCCOC1CCOC1. The largest absolute Gasteiger partial charge is 0.379 e. The van der Waals surface area contributed by atoms with Gasteiger partial charge in [0.2, 0.25) is 5.91 Å². The fraction of sp³-hybridized carbons (Fsp3) is 0.895. The van der Waals surface area contributed by atoms with Crippen LogP contribution in [0.5, 0.6) is 0 Å². The molecular formula is C19H36N4O3. The topological polar surface area (TPSA) is 75.2 Å². The standard InChI is InChI=1S/C19H36N4O3/c1-4-20-18(21-11-7-12-26-16-8-13-25-14-16)22-15-19(9-5-6-10-19)17(24)23(2)3/h16H,4-15H2,1-3H3,(H2,20,21,22). The molecular weight excluding hydrogens is 332 g/mol. The van der Waals surface area contributed by atoms with E-state index >= 15 is 0 Å². The highest BCUT2D eigenvalue weighted by Crippen LogP contribution is 2.39. The molecule has 1 heterocycles. The summed E-state index contributed by atoms with van der Waals surface area (Å²) in [4.78, 5) is 19.1. The Balaban J connectivity index is 1.79. The van der Waals surface area contributed by atoms with Gasteiger partial charge in [-0.3, -0.25) is 9.79 Å². The molecule has 2 N–H and O–H groups in total. The Morgan fingerprint density at radius 1 is 1.31 bits per heavy atom. The van der Waals surface area contributed by atoms with Gasteiger partial charge in [-0.15, -0.1) is 0 Å². The van der Waals surface area contributed by atoms with Crippen molar-refractivity contribution >= 4 is 11.9 Å². The first-order chi connectivity index (χ1) is 12.6. The van der Waals surface area contributed by atoms with Crippen LogP contribution in [0.3, 0.4) is 0 Å². The second-order valence-corrected chi connectivity index (χ2v) is 7.52. The molecule has 0 aromatic carbocycles. The number of carbonyl (C=O) groups is 1. The summed E-state index contributed by atoms with van der Waals surface area (Å²) < 4.78 is 11.1. The Hall–Kier alpha value is -1.34. The average molecular weight is 369 g/mol. The maximum atomic E-state index is 12.7. The molecule has 0 bridgehead atoms. The number of amides is 1. The third-order valence-electron chi connectivity index (χ3n) is 5.16. The smallest absolute Gasteiger partial charge is 0.230 e. The van der Waals surface area contributed by atoms with Crippen molar-refractivity contribution in [2.24, 2.45) is 10.4 Å². The summed E-state index contributed by atoms with van der Waals surface area (Å²) in [6.07, 6.45) is 6.27. The molecule has 1 saturated heterocycles. The predicted molar refractivity (Wildman–Crippen MR) is 103 cm³/mol. The molecule has 7 nitrogen and oxygen atoms in total. The predicted octanol–water partition coefficient (Wildman–Crippen LogP) is 1.39. The van der Waals surface area contributed by atoms with E-state index in [0.717, 1.165) is 77.4 Å². The molecule has 1 amide bonds. The quantitative estimate of drug-likeness (QED) is 0.365. The van der Waals surface area contributed by atoms with Gasteiger partial charge in [0.05, 0.1) is 24.7 Å². The first kappa shape index (κ1) is 21.0. The number of ether oxygens (including phenoxy) is 2. The fourth-order valence-electron chi connectivity index (χ4n) is 3.71. The van der Waals surface area contributed by atoms with Crippen LogP contribution in [0.1, 0.15) is 45.4 Å². The van der Waals surface area contributed by atoms with Crippen molar-refractivity contribution in [2.75, 3.05) is 53.6 Å². The number of nitrogens with zero attached hydrogens (tertiary/aromatic N) is 2. The van der Waals surface area contributed by atoms with Crippen LogP contribution in [0.2, 0.25) is 0 Å². The van der Waals surface area contributed by atoms with Crippen molar-refractivity contribution in [3.63, 3.8) is 0 Å². The minimum atomic E-state index is -0.322. The van der Waals surface area contributed by atoms with Crippen LogP contribution in [0, 0.1) is 5.41 Å². The molecule has 0 aromatic heterocycles. The molecule has 0 radical (unpaired) electrons. The van der Waals surface area contributed by atoms with Crippen LogP contribution in [0.15, 0.2) is 4.99 Å². The van der Waals surface area contributed by atoms with Crippen LogP contribution < -0.4 is 10.6 Å². The zero-order valence-corrected chi connectivity index (χ0v) is 16.7. The van der Waals surface area contributed by atoms with Crippen LogP contribution in [-0.4, -0.2) is 76.4 Å². The Labute approximate surface area is 157 Å². The summed E-state index contributed by atoms with van der Waals surface area (Å²) in [5.74, 6) is 0.997.